The van der Waals surface area contributed by atoms with E-state index in [0.29, 0.717) is 11.1 Å². The molecule has 0 bridgehead atoms. The van der Waals surface area contributed by atoms with Gasteiger partial charge in [0, 0.05) is 42.3 Å². The van der Waals surface area contributed by atoms with Gasteiger partial charge >= 0.3 is 0 Å². The third-order valence-corrected chi connectivity index (χ3v) is 5.37. The molecule has 1 aromatic carbocycles. The van der Waals surface area contributed by atoms with Gasteiger partial charge in [0.25, 0.3) is 12.3 Å². The van der Waals surface area contributed by atoms with Crippen molar-refractivity contribution in [1.82, 2.24) is 14.9 Å². The molecule has 4 rings (SSSR count). The Morgan fingerprint density at radius 1 is 1.12 bits per heavy atom. The van der Waals surface area contributed by atoms with Gasteiger partial charge in [0.15, 0.2) is 11.5 Å². The highest BCUT2D eigenvalue weighted by Crippen LogP contribution is 2.41. The second-order valence-corrected chi connectivity index (χ2v) is 7.35. The number of aliphatic imine (C=N–C) groups is 1. The van der Waals surface area contributed by atoms with Crippen molar-refractivity contribution in [3.63, 3.8) is 0 Å². The number of guanidine groups is 1. The summed E-state index contributed by atoms with van der Waals surface area (Å²) in [4.78, 5) is 26.7. The smallest absolute Gasteiger partial charge is 0.280 e. The van der Waals surface area contributed by atoms with Crippen LogP contribution in [0.2, 0.25) is 0 Å². The maximum Gasteiger partial charge on any atom is 0.280 e. The molecule has 0 saturated carbocycles. The maximum atomic E-state index is 14.9. The summed E-state index contributed by atoms with van der Waals surface area (Å²) in [5, 5.41) is 0. The van der Waals surface area contributed by atoms with Gasteiger partial charge in [0.1, 0.15) is 11.5 Å². The third kappa shape index (κ3) is 3.69. The monoisotopic (exact) mass is 449 g/mol. The minimum Gasteiger partial charge on any atom is -0.369 e. The standard InChI is InChI=1S/C24H18F3N5O/c1-3-4-14-9-15(13-29-12-14)18-10-16(5-6-19(18)25)24(22(33)32(2)23(28)31-24)17-7-8-30-20(11-17)21(26)27/h5-13,21H,1-2H3,(H2,28,31). The number of carbonyl (C=O) groups excluding carboxylic acids is 1. The number of benzene rings is 1. The zero-order valence-electron chi connectivity index (χ0n) is 17.7. The van der Waals surface area contributed by atoms with Gasteiger partial charge < -0.3 is 5.73 Å². The van der Waals surface area contributed by atoms with E-state index in [1.807, 2.05) is 0 Å². The van der Waals surface area contributed by atoms with E-state index in [1.54, 1.807) is 19.2 Å². The van der Waals surface area contributed by atoms with E-state index in [-0.39, 0.29) is 22.6 Å². The van der Waals surface area contributed by atoms with Crippen molar-refractivity contribution >= 4 is 11.9 Å². The Kier molecular flexibility index (Phi) is 5.60. The lowest BCUT2D eigenvalue weighted by Gasteiger charge is -2.27. The zero-order valence-corrected chi connectivity index (χ0v) is 17.7. The number of alkyl halides is 2. The van der Waals surface area contributed by atoms with Crippen molar-refractivity contribution in [3.8, 4) is 23.0 Å². The first kappa shape index (κ1) is 22.0. The lowest BCUT2D eigenvalue weighted by atomic mass is 9.81. The molecule has 33 heavy (non-hydrogen) atoms. The van der Waals surface area contributed by atoms with Crippen molar-refractivity contribution in [2.75, 3.05) is 7.05 Å². The molecule has 2 aromatic heterocycles. The molecule has 1 amide bonds. The number of pyridine rings is 2. The Hall–Kier alpha value is -4.19. The number of aromatic nitrogens is 2. The van der Waals surface area contributed by atoms with Crippen LogP contribution < -0.4 is 5.73 Å². The van der Waals surface area contributed by atoms with Crippen LogP contribution in [-0.2, 0) is 10.3 Å². The van der Waals surface area contributed by atoms with E-state index in [1.165, 1.54) is 43.7 Å². The van der Waals surface area contributed by atoms with E-state index in [2.05, 4.69) is 26.8 Å². The molecular weight excluding hydrogens is 431 g/mol. The summed E-state index contributed by atoms with van der Waals surface area (Å²) in [7, 11) is 1.43. The lowest BCUT2D eigenvalue weighted by molar-refractivity contribution is -0.129. The number of hydrogen-bond acceptors (Lipinski definition) is 5. The number of nitrogens with zero attached hydrogens (tertiary/aromatic N) is 4. The average molecular weight is 449 g/mol. The van der Waals surface area contributed by atoms with Crippen molar-refractivity contribution in [2.45, 2.75) is 18.9 Å². The fraction of sp³-hybridized carbons (Fsp3) is 0.167. The number of carbonyl (C=O) groups is 1. The molecule has 0 saturated heterocycles. The summed E-state index contributed by atoms with van der Waals surface area (Å²) in [6, 6.07) is 8.23. The normalized spacial score (nSPS) is 17.7. The molecule has 0 aliphatic carbocycles. The summed E-state index contributed by atoms with van der Waals surface area (Å²) in [5.41, 5.74) is 5.23. The molecule has 0 spiro atoms. The van der Waals surface area contributed by atoms with Gasteiger partial charge in [-0.1, -0.05) is 12.0 Å². The molecule has 3 aromatic rings. The quantitative estimate of drug-likeness (QED) is 0.617. The number of hydrogen-bond donors (Lipinski definition) is 1. The Morgan fingerprint density at radius 3 is 2.55 bits per heavy atom. The molecule has 3 heterocycles. The summed E-state index contributed by atoms with van der Waals surface area (Å²) in [6.45, 7) is 1.67. The largest absolute Gasteiger partial charge is 0.369 e. The van der Waals surface area contributed by atoms with Crippen LogP contribution in [0.25, 0.3) is 11.1 Å². The highest BCUT2D eigenvalue weighted by molar-refractivity contribution is 6.09. The fourth-order valence-electron chi connectivity index (χ4n) is 3.75. The van der Waals surface area contributed by atoms with Crippen LogP contribution in [0.3, 0.4) is 0 Å². The van der Waals surface area contributed by atoms with Crippen molar-refractivity contribution < 1.29 is 18.0 Å². The van der Waals surface area contributed by atoms with Crippen LogP contribution in [0, 0.1) is 17.7 Å². The van der Waals surface area contributed by atoms with Gasteiger partial charge in [-0.3, -0.25) is 19.7 Å². The minimum absolute atomic E-state index is 0.0943. The third-order valence-electron chi connectivity index (χ3n) is 5.37. The van der Waals surface area contributed by atoms with Crippen LogP contribution in [0.5, 0.6) is 0 Å². The van der Waals surface area contributed by atoms with Crippen LogP contribution in [0.1, 0.15) is 35.7 Å². The summed E-state index contributed by atoms with van der Waals surface area (Å²) in [6.07, 6.45) is 1.34. The Balaban J connectivity index is 1.96. The summed E-state index contributed by atoms with van der Waals surface area (Å²) < 4.78 is 41.6. The Labute approximate surface area is 188 Å². The van der Waals surface area contributed by atoms with E-state index in [4.69, 9.17) is 5.73 Å². The van der Waals surface area contributed by atoms with Crippen molar-refractivity contribution in [3.05, 3.63) is 83.2 Å². The Bertz CT molecular complexity index is 1350. The minimum atomic E-state index is -2.85. The highest BCUT2D eigenvalue weighted by Gasteiger charge is 2.50. The van der Waals surface area contributed by atoms with Crippen molar-refractivity contribution in [2.24, 2.45) is 10.7 Å². The molecule has 1 unspecified atom stereocenters. The Morgan fingerprint density at radius 2 is 1.88 bits per heavy atom. The van der Waals surface area contributed by atoms with Crippen LogP contribution in [0.15, 0.2) is 60.0 Å². The first-order chi connectivity index (χ1) is 15.8. The molecule has 1 atom stereocenters. The van der Waals surface area contributed by atoms with Gasteiger partial charge in [0.2, 0.25) is 0 Å². The predicted molar refractivity (Wildman–Crippen MR) is 117 cm³/mol. The summed E-state index contributed by atoms with van der Waals surface area (Å²) >= 11 is 0. The van der Waals surface area contributed by atoms with Gasteiger partial charge in [-0.2, -0.15) is 0 Å². The number of amides is 1. The number of halogens is 3. The second-order valence-electron chi connectivity index (χ2n) is 7.35. The molecule has 1 aliphatic rings. The van der Waals surface area contributed by atoms with E-state index >= 15 is 0 Å². The predicted octanol–water partition coefficient (Wildman–Crippen LogP) is 3.62. The van der Waals surface area contributed by atoms with Gasteiger partial charge in [-0.05, 0) is 48.4 Å². The molecule has 166 valence electrons. The second kappa shape index (κ2) is 8.39. The van der Waals surface area contributed by atoms with Crippen LogP contribution >= 0.6 is 0 Å². The number of rotatable bonds is 4. The van der Waals surface area contributed by atoms with Gasteiger partial charge in [-0.15, -0.1) is 5.92 Å². The van der Waals surface area contributed by atoms with Gasteiger partial charge in [0.05, 0.1) is 0 Å². The molecule has 1 aliphatic heterocycles. The number of likely N-dealkylation sites (N-methyl/N-ethyl adjacent to an activating group) is 1. The SMILES string of the molecule is CC#Cc1cncc(-c2cc(C3(c4ccnc(C(F)F)c4)N=C(N)N(C)C3=O)ccc2F)c1. The maximum absolute atomic E-state index is 14.9. The van der Waals surface area contributed by atoms with E-state index in [9.17, 15) is 18.0 Å². The van der Waals surface area contributed by atoms with E-state index < -0.39 is 29.4 Å². The van der Waals surface area contributed by atoms with E-state index in [0.717, 1.165) is 11.0 Å². The zero-order chi connectivity index (χ0) is 23.8. The molecule has 2 N–H and O–H groups in total. The number of nitrogens with two attached hydrogens (primary N) is 1. The highest BCUT2D eigenvalue weighted by atomic mass is 19.3. The first-order valence-corrected chi connectivity index (χ1v) is 9.84. The first-order valence-electron chi connectivity index (χ1n) is 9.84. The summed E-state index contributed by atoms with van der Waals surface area (Å²) in [5.74, 6) is 4.41. The van der Waals surface area contributed by atoms with Crippen LogP contribution in [-0.4, -0.2) is 33.8 Å². The topological polar surface area (TPSA) is 84.5 Å². The lowest BCUT2D eigenvalue weighted by Crippen LogP contribution is -2.41. The molecule has 0 fully saturated rings. The molecular formula is C24H18F3N5O. The van der Waals surface area contributed by atoms with Crippen molar-refractivity contribution in [1.29, 1.82) is 0 Å². The van der Waals surface area contributed by atoms with Gasteiger partial charge in [-0.25, -0.2) is 18.2 Å². The average Bonchev–Trinajstić information content (AvgIpc) is 3.04. The fourth-order valence-corrected chi connectivity index (χ4v) is 3.75. The molecule has 6 nitrogen and oxygen atoms in total. The molecule has 0 radical (unpaired) electrons. The van der Waals surface area contributed by atoms with Crippen LogP contribution in [0.4, 0.5) is 13.2 Å². The molecule has 9 heteroatoms.